The fourth-order valence-corrected chi connectivity index (χ4v) is 4.35. The second kappa shape index (κ2) is 7.97. The van der Waals surface area contributed by atoms with Gasteiger partial charge in [0.15, 0.2) is 6.04 Å². The van der Waals surface area contributed by atoms with E-state index < -0.39 is 0 Å². The molecule has 1 aromatic heterocycles. The largest absolute Gasteiger partial charge is 0.318 e. The number of quaternary nitrogens is 1. The highest BCUT2D eigenvalue weighted by Crippen LogP contribution is 2.20. The Balaban J connectivity index is 1.52. The Kier molecular flexibility index (Phi) is 4.88. The molecule has 144 valence electrons. The molecular weight excluding hydrogens is 358 g/mol. The summed E-state index contributed by atoms with van der Waals surface area (Å²) in [7, 11) is 0. The van der Waals surface area contributed by atoms with E-state index in [2.05, 4.69) is 94.4 Å². The molecule has 1 unspecified atom stereocenters. The third-order valence-corrected chi connectivity index (χ3v) is 5.79. The monoisotopic (exact) mass is 382 g/mol. The lowest BCUT2D eigenvalue weighted by Crippen LogP contribution is -3.12. The number of hydrogen-bond donors (Lipinski definition) is 1. The van der Waals surface area contributed by atoms with Gasteiger partial charge in [-0.15, -0.1) is 5.10 Å². The average Bonchev–Trinajstić information content (AvgIpc) is 3.23. The van der Waals surface area contributed by atoms with Gasteiger partial charge in [-0.05, 0) is 21.6 Å². The van der Waals surface area contributed by atoms with Gasteiger partial charge in [-0.3, -0.25) is 0 Å². The fraction of sp³-hybridized carbons (Fsp3) is 0.208. The first-order chi connectivity index (χ1) is 14.4. The summed E-state index contributed by atoms with van der Waals surface area (Å²) in [6.45, 7) is 2.72. The number of nitrogens with one attached hydrogen (secondary N) is 1. The van der Waals surface area contributed by atoms with Crippen LogP contribution in [-0.4, -0.2) is 26.8 Å². The maximum absolute atomic E-state index is 4.50. The molecule has 2 atom stereocenters. The van der Waals surface area contributed by atoms with Crippen LogP contribution in [0.25, 0.3) is 0 Å². The molecule has 5 nitrogen and oxygen atoms in total. The lowest BCUT2D eigenvalue weighted by atomic mass is 9.96. The lowest BCUT2D eigenvalue weighted by molar-refractivity contribution is -0.941. The van der Waals surface area contributed by atoms with Crippen LogP contribution >= 0.6 is 0 Å². The third kappa shape index (κ3) is 3.69. The summed E-state index contributed by atoms with van der Waals surface area (Å²) >= 11 is 0. The van der Waals surface area contributed by atoms with Crippen molar-refractivity contribution >= 4 is 0 Å². The molecule has 2 heterocycles. The zero-order valence-corrected chi connectivity index (χ0v) is 16.3. The smallest absolute Gasteiger partial charge is 0.214 e. The molecule has 0 radical (unpaired) electrons. The van der Waals surface area contributed by atoms with Crippen LogP contribution in [0.15, 0.2) is 84.9 Å². The van der Waals surface area contributed by atoms with Gasteiger partial charge in [0.2, 0.25) is 5.82 Å². The third-order valence-electron chi connectivity index (χ3n) is 5.79. The van der Waals surface area contributed by atoms with Crippen molar-refractivity contribution in [3.05, 3.63) is 113 Å². The fourth-order valence-electron chi connectivity index (χ4n) is 4.35. The second-order valence-corrected chi connectivity index (χ2v) is 7.63. The zero-order valence-electron chi connectivity index (χ0n) is 16.3. The van der Waals surface area contributed by atoms with Gasteiger partial charge < -0.3 is 4.90 Å². The van der Waals surface area contributed by atoms with Crippen LogP contribution < -0.4 is 4.90 Å². The molecule has 0 aliphatic carbocycles. The standard InChI is InChI=1S/C24H23N5/c1-3-9-19(10-4-1)17-29-24(25-26-27-29)23(21-12-5-2-6-13-21)28-16-15-20-11-7-8-14-22(20)18-28/h1-14,23H,15-18H2/p+1/t23-/m0/s1. The SMILES string of the molecule is c1ccc(Cn2nnnc2[C@H](c2ccccc2)[NH+]2CCc3ccccc3C2)cc1. The molecule has 1 aliphatic rings. The van der Waals surface area contributed by atoms with Crippen LogP contribution in [0.5, 0.6) is 0 Å². The molecule has 0 spiro atoms. The van der Waals surface area contributed by atoms with Gasteiger partial charge >= 0.3 is 0 Å². The van der Waals surface area contributed by atoms with E-state index in [9.17, 15) is 0 Å². The first-order valence-electron chi connectivity index (χ1n) is 10.1. The van der Waals surface area contributed by atoms with Gasteiger partial charge in [-0.2, -0.15) is 0 Å². The van der Waals surface area contributed by atoms with E-state index >= 15 is 0 Å². The second-order valence-electron chi connectivity index (χ2n) is 7.63. The normalized spacial score (nSPS) is 16.9. The minimum atomic E-state index is 0.100. The Hall–Kier alpha value is -3.31. The van der Waals surface area contributed by atoms with Gasteiger partial charge in [0.1, 0.15) is 6.54 Å². The molecule has 5 heteroatoms. The van der Waals surface area contributed by atoms with E-state index in [0.29, 0.717) is 6.54 Å². The Bertz CT molecular complexity index is 1070. The number of fused-ring (bicyclic) bond motifs is 1. The van der Waals surface area contributed by atoms with Crippen molar-refractivity contribution in [2.75, 3.05) is 6.54 Å². The van der Waals surface area contributed by atoms with Crippen molar-refractivity contribution in [2.45, 2.75) is 25.6 Å². The number of benzene rings is 3. The highest BCUT2D eigenvalue weighted by molar-refractivity contribution is 5.28. The van der Waals surface area contributed by atoms with Gasteiger partial charge in [0.25, 0.3) is 0 Å². The van der Waals surface area contributed by atoms with Crippen LogP contribution in [0.2, 0.25) is 0 Å². The van der Waals surface area contributed by atoms with E-state index in [4.69, 9.17) is 0 Å². The summed E-state index contributed by atoms with van der Waals surface area (Å²) in [6.07, 6.45) is 1.08. The van der Waals surface area contributed by atoms with Crippen molar-refractivity contribution in [3.8, 4) is 0 Å². The van der Waals surface area contributed by atoms with Gasteiger partial charge in [-0.25, -0.2) is 4.68 Å². The molecule has 5 rings (SSSR count). The van der Waals surface area contributed by atoms with Crippen LogP contribution in [0, 0.1) is 0 Å². The van der Waals surface area contributed by atoms with Crippen molar-refractivity contribution in [2.24, 2.45) is 0 Å². The molecule has 1 N–H and O–H groups in total. The molecule has 0 saturated carbocycles. The summed E-state index contributed by atoms with van der Waals surface area (Å²) in [4.78, 5) is 1.49. The van der Waals surface area contributed by atoms with Crippen molar-refractivity contribution < 1.29 is 4.90 Å². The quantitative estimate of drug-likeness (QED) is 0.577. The zero-order chi connectivity index (χ0) is 19.5. The first kappa shape index (κ1) is 17.8. The first-order valence-corrected chi connectivity index (χ1v) is 10.1. The summed E-state index contributed by atoms with van der Waals surface area (Å²) in [5.74, 6) is 0.925. The van der Waals surface area contributed by atoms with Crippen molar-refractivity contribution in [3.63, 3.8) is 0 Å². The number of nitrogens with zero attached hydrogens (tertiary/aromatic N) is 4. The van der Waals surface area contributed by atoms with E-state index in [1.807, 2.05) is 10.7 Å². The van der Waals surface area contributed by atoms with Crippen LogP contribution in [0.4, 0.5) is 0 Å². The number of rotatable bonds is 5. The minimum absolute atomic E-state index is 0.100. The maximum Gasteiger partial charge on any atom is 0.214 e. The number of tetrazole rings is 1. The summed E-state index contributed by atoms with van der Waals surface area (Å²) in [5, 5.41) is 12.9. The molecule has 3 aromatic carbocycles. The molecule has 0 fully saturated rings. The lowest BCUT2D eigenvalue weighted by Gasteiger charge is -2.32. The van der Waals surface area contributed by atoms with Gasteiger partial charge in [0, 0.05) is 17.5 Å². The molecule has 1 aliphatic heterocycles. The Morgan fingerprint density at radius 3 is 2.31 bits per heavy atom. The van der Waals surface area contributed by atoms with Gasteiger partial charge in [0.05, 0.1) is 13.1 Å². The topological polar surface area (TPSA) is 48.0 Å². The summed E-state index contributed by atoms with van der Waals surface area (Å²) in [6, 6.07) is 29.9. The van der Waals surface area contributed by atoms with E-state index in [0.717, 1.165) is 25.3 Å². The Labute approximate surface area is 170 Å². The highest BCUT2D eigenvalue weighted by atomic mass is 15.5. The highest BCUT2D eigenvalue weighted by Gasteiger charge is 2.33. The van der Waals surface area contributed by atoms with Gasteiger partial charge in [-0.1, -0.05) is 84.9 Å². The molecular formula is C24H24N5+. The minimum Gasteiger partial charge on any atom is -0.318 e. The molecule has 0 amide bonds. The average molecular weight is 382 g/mol. The van der Waals surface area contributed by atoms with Crippen LogP contribution in [-0.2, 0) is 19.5 Å². The predicted octanol–water partition coefficient (Wildman–Crippen LogP) is 2.45. The molecule has 29 heavy (non-hydrogen) atoms. The number of hydrogen-bond acceptors (Lipinski definition) is 3. The molecule has 0 saturated heterocycles. The van der Waals surface area contributed by atoms with Crippen molar-refractivity contribution in [1.29, 1.82) is 0 Å². The number of aromatic nitrogens is 4. The predicted molar refractivity (Wildman–Crippen MR) is 111 cm³/mol. The summed E-state index contributed by atoms with van der Waals surface area (Å²) < 4.78 is 1.96. The summed E-state index contributed by atoms with van der Waals surface area (Å²) in [5.41, 5.74) is 5.35. The maximum atomic E-state index is 4.50. The molecule has 4 aromatic rings. The van der Waals surface area contributed by atoms with Crippen LogP contribution in [0.1, 0.15) is 34.1 Å². The van der Waals surface area contributed by atoms with Crippen molar-refractivity contribution in [1.82, 2.24) is 20.2 Å². The van der Waals surface area contributed by atoms with E-state index in [-0.39, 0.29) is 6.04 Å². The molecule has 0 bridgehead atoms. The van der Waals surface area contributed by atoms with E-state index in [1.54, 1.807) is 0 Å². The van der Waals surface area contributed by atoms with E-state index in [1.165, 1.54) is 27.2 Å². The van der Waals surface area contributed by atoms with Crippen LogP contribution in [0.3, 0.4) is 0 Å². The Morgan fingerprint density at radius 2 is 1.52 bits per heavy atom. The Morgan fingerprint density at radius 1 is 0.828 bits per heavy atom.